The Morgan fingerprint density at radius 3 is 2.35 bits per heavy atom. The Balaban J connectivity index is 1.77. The number of nitrogens with one attached hydrogen (secondary N) is 1. The lowest BCUT2D eigenvalue weighted by Crippen LogP contribution is -1.97. The molecule has 1 aromatic heterocycles. The van der Waals surface area contributed by atoms with E-state index < -0.39 is 0 Å². The van der Waals surface area contributed by atoms with Crippen molar-refractivity contribution in [1.82, 2.24) is 0 Å². The molecule has 0 atom stereocenters. The van der Waals surface area contributed by atoms with Crippen LogP contribution in [-0.4, -0.2) is 14.2 Å². The predicted molar refractivity (Wildman–Crippen MR) is 122 cm³/mol. The van der Waals surface area contributed by atoms with E-state index in [1.807, 2.05) is 72.8 Å². The van der Waals surface area contributed by atoms with E-state index in [4.69, 9.17) is 13.9 Å². The smallest absolute Gasteiger partial charge is 0.204 e. The maximum Gasteiger partial charge on any atom is 0.204 e. The van der Waals surface area contributed by atoms with E-state index in [1.165, 1.54) is 0 Å². The van der Waals surface area contributed by atoms with Gasteiger partial charge in [0, 0.05) is 34.8 Å². The van der Waals surface area contributed by atoms with Crippen molar-refractivity contribution in [3.8, 4) is 28.9 Å². The summed E-state index contributed by atoms with van der Waals surface area (Å²) in [4.78, 5) is 0. The standard InChI is InChI=1S/C26H22N2O3/c1-29-24-14-20(13-18(16-27)17-28-21-11-7-4-8-12-21)22-15-23(19-9-5-3-6-10-19)31-25(22)26(24)30-2/h3-12,14-15,17,28H,13H2,1-2H3/b18-17-. The van der Waals surface area contributed by atoms with Crippen molar-refractivity contribution >= 4 is 16.7 Å². The highest BCUT2D eigenvalue weighted by atomic mass is 16.5. The van der Waals surface area contributed by atoms with E-state index in [9.17, 15) is 5.26 Å². The van der Waals surface area contributed by atoms with Gasteiger partial charge in [-0.1, -0.05) is 48.5 Å². The predicted octanol–water partition coefficient (Wildman–Crippen LogP) is 6.18. The Hall–Kier alpha value is -4.17. The molecule has 31 heavy (non-hydrogen) atoms. The second-order valence-corrected chi connectivity index (χ2v) is 6.96. The van der Waals surface area contributed by atoms with Crippen molar-refractivity contribution in [2.75, 3.05) is 19.5 Å². The summed E-state index contributed by atoms with van der Waals surface area (Å²) in [5, 5.41) is 13.8. The molecule has 0 bridgehead atoms. The first-order chi connectivity index (χ1) is 15.2. The summed E-state index contributed by atoms with van der Waals surface area (Å²) in [5.41, 5.74) is 3.99. The number of anilines is 1. The van der Waals surface area contributed by atoms with Crippen LogP contribution in [-0.2, 0) is 6.42 Å². The minimum Gasteiger partial charge on any atom is -0.493 e. The number of nitrogens with zero attached hydrogens (tertiary/aromatic N) is 1. The maximum absolute atomic E-state index is 9.71. The highest BCUT2D eigenvalue weighted by Gasteiger charge is 2.20. The zero-order chi connectivity index (χ0) is 21.6. The fourth-order valence-corrected chi connectivity index (χ4v) is 3.48. The van der Waals surface area contributed by atoms with Crippen LogP contribution in [0, 0.1) is 11.3 Å². The van der Waals surface area contributed by atoms with Gasteiger partial charge in [-0.2, -0.15) is 5.26 Å². The number of methoxy groups -OCH3 is 2. The third-order valence-electron chi connectivity index (χ3n) is 5.01. The van der Waals surface area contributed by atoms with Gasteiger partial charge in [-0.05, 0) is 29.8 Å². The highest BCUT2D eigenvalue weighted by molar-refractivity contribution is 5.92. The second kappa shape index (κ2) is 9.10. The van der Waals surface area contributed by atoms with Crippen LogP contribution in [0.25, 0.3) is 22.3 Å². The lowest BCUT2D eigenvalue weighted by Gasteiger charge is -2.11. The monoisotopic (exact) mass is 410 g/mol. The number of benzene rings is 3. The third-order valence-corrected chi connectivity index (χ3v) is 5.01. The largest absolute Gasteiger partial charge is 0.493 e. The zero-order valence-electron chi connectivity index (χ0n) is 17.4. The molecular formula is C26H22N2O3. The van der Waals surface area contributed by atoms with Gasteiger partial charge in [0.05, 0.1) is 20.3 Å². The summed E-state index contributed by atoms with van der Waals surface area (Å²) in [7, 11) is 3.18. The molecule has 1 heterocycles. The van der Waals surface area contributed by atoms with Gasteiger partial charge in [-0.15, -0.1) is 0 Å². The Kier molecular flexibility index (Phi) is 5.91. The molecule has 0 unspecified atom stereocenters. The van der Waals surface area contributed by atoms with Crippen LogP contribution in [0.5, 0.6) is 11.5 Å². The third kappa shape index (κ3) is 4.24. The number of hydrogen-bond donors (Lipinski definition) is 1. The fourth-order valence-electron chi connectivity index (χ4n) is 3.48. The van der Waals surface area contributed by atoms with Crippen molar-refractivity contribution < 1.29 is 13.9 Å². The van der Waals surface area contributed by atoms with Gasteiger partial charge >= 0.3 is 0 Å². The van der Waals surface area contributed by atoms with Gasteiger partial charge in [-0.3, -0.25) is 0 Å². The maximum atomic E-state index is 9.71. The fraction of sp³-hybridized carbons (Fsp3) is 0.115. The van der Waals surface area contributed by atoms with Gasteiger partial charge in [0.15, 0.2) is 11.3 Å². The first-order valence-electron chi connectivity index (χ1n) is 9.87. The van der Waals surface area contributed by atoms with E-state index in [1.54, 1.807) is 20.4 Å². The van der Waals surface area contributed by atoms with E-state index in [-0.39, 0.29) is 0 Å². The number of hydrogen-bond acceptors (Lipinski definition) is 5. The summed E-state index contributed by atoms with van der Waals surface area (Å²) in [6.45, 7) is 0. The van der Waals surface area contributed by atoms with Crippen LogP contribution in [0.2, 0.25) is 0 Å². The molecule has 154 valence electrons. The summed E-state index contributed by atoms with van der Waals surface area (Å²) < 4.78 is 17.3. The molecular weight excluding hydrogens is 388 g/mol. The van der Waals surface area contributed by atoms with E-state index in [0.717, 1.165) is 28.0 Å². The van der Waals surface area contributed by atoms with Gasteiger partial charge in [0.25, 0.3) is 0 Å². The average molecular weight is 410 g/mol. The summed E-state index contributed by atoms with van der Waals surface area (Å²) >= 11 is 0. The molecule has 0 saturated carbocycles. The van der Waals surface area contributed by atoms with Gasteiger partial charge in [0.1, 0.15) is 5.76 Å². The number of rotatable bonds is 7. The quantitative estimate of drug-likeness (QED) is 0.369. The topological polar surface area (TPSA) is 67.4 Å². The molecule has 3 aromatic carbocycles. The van der Waals surface area contributed by atoms with Crippen LogP contribution in [0.15, 0.2) is 89.0 Å². The Morgan fingerprint density at radius 2 is 1.71 bits per heavy atom. The molecule has 5 heteroatoms. The molecule has 0 aliphatic heterocycles. The molecule has 0 aliphatic rings. The van der Waals surface area contributed by atoms with Crippen LogP contribution in [0.3, 0.4) is 0 Å². The van der Waals surface area contributed by atoms with Crippen molar-refractivity contribution in [2.45, 2.75) is 6.42 Å². The molecule has 5 nitrogen and oxygen atoms in total. The normalized spacial score (nSPS) is 11.2. The molecule has 0 radical (unpaired) electrons. The number of para-hydroxylation sites is 1. The van der Waals surface area contributed by atoms with Crippen LogP contribution in [0.1, 0.15) is 5.56 Å². The van der Waals surface area contributed by atoms with Gasteiger partial charge in [0.2, 0.25) is 5.75 Å². The van der Waals surface area contributed by atoms with E-state index in [0.29, 0.717) is 29.1 Å². The van der Waals surface area contributed by atoms with Crippen molar-refractivity contribution in [3.05, 3.63) is 90.1 Å². The Morgan fingerprint density at radius 1 is 1.00 bits per heavy atom. The van der Waals surface area contributed by atoms with E-state index in [2.05, 4.69) is 11.4 Å². The molecule has 4 aromatic rings. The molecule has 0 saturated heterocycles. The van der Waals surface area contributed by atoms with Gasteiger partial charge in [-0.25, -0.2) is 0 Å². The number of nitriles is 1. The Bertz CT molecular complexity index is 1250. The highest BCUT2D eigenvalue weighted by Crippen LogP contribution is 2.42. The number of ether oxygens (including phenoxy) is 2. The molecule has 0 fully saturated rings. The first kappa shape index (κ1) is 20.1. The molecule has 1 N–H and O–H groups in total. The van der Waals surface area contributed by atoms with Crippen molar-refractivity contribution in [2.24, 2.45) is 0 Å². The first-order valence-corrected chi connectivity index (χ1v) is 9.87. The average Bonchev–Trinajstić information content (AvgIpc) is 3.28. The molecule has 0 aliphatic carbocycles. The minimum atomic E-state index is 0.418. The number of furan rings is 1. The van der Waals surface area contributed by atoms with Crippen LogP contribution >= 0.6 is 0 Å². The van der Waals surface area contributed by atoms with Crippen molar-refractivity contribution in [1.29, 1.82) is 5.26 Å². The molecule has 4 rings (SSSR count). The SMILES string of the molecule is COc1cc(C/C(C#N)=C/Nc2ccccc2)c2cc(-c3ccccc3)oc2c1OC. The Labute approximate surface area is 181 Å². The minimum absolute atomic E-state index is 0.418. The summed E-state index contributed by atoms with van der Waals surface area (Å²) in [5.74, 6) is 1.83. The van der Waals surface area contributed by atoms with Crippen molar-refractivity contribution in [3.63, 3.8) is 0 Å². The second-order valence-electron chi connectivity index (χ2n) is 6.96. The summed E-state index contributed by atoms with van der Waals surface area (Å²) in [6.07, 6.45) is 2.15. The lowest BCUT2D eigenvalue weighted by atomic mass is 10.0. The van der Waals surface area contributed by atoms with E-state index >= 15 is 0 Å². The van der Waals surface area contributed by atoms with Gasteiger partial charge < -0.3 is 19.2 Å². The number of fused-ring (bicyclic) bond motifs is 1. The number of allylic oxidation sites excluding steroid dienone is 1. The van der Waals surface area contributed by atoms with Crippen LogP contribution < -0.4 is 14.8 Å². The lowest BCUT2D eigenvalue weighted by molar-refractivity contribution is 0.353. The molecule has 0 spiro atoms. The zero-order valence-corrected chi connectivity index (χ0v) is 17.4. The van der Waals surface area contributed by atoms with Crippen LogP contribution in [0.4, 0.5) is 5.69 Å². The summed E-state index contributed by atoms with van der Waals surface area (Å²) in [6, 6.07) is 25.8. The molecule has 0 amide bonds.